The summed E-state index contributed by atoms with van der Waals surface area (Å²) in [7, 11) is 0. The molecule has 0 bridgehead atoms. The van der Waals surface area contributed by atoms with E-state index in [0.717, 1.165) is 22.6 Å². The van der Waals surface area contributed by atoms with Crippen LogP contribution in [-0.4, -0.2) is 4.98 Å². The van der Waals surface area contributed by atoms with Crippen LogP contribution in [0.4, 0.5) is 0 Å². The highest BCUT2D eigenvalue weighted by molar-refractivity contribution is 5.96. The minimum Gasteiger partial charge on any atom is -0.459 e. The molecule has 134 valence electrons. The Morgan fingerprint density at radius 3 is 2.15 bits per heavy atom. The van der Waals surface area contributed by atoms with Crippen molar-refractivity contribution in [2.24, 2.45) is 0 Å². The molecule has 0 fully saturated rings. The number of para-hydroxylation sites is 1. The lowest BCUT2D eigenvalue weighted by atomic mass is 9.62. The fourth-order valence-corrected chi connectivity index (χ4v) is 4.73. The van der Waals surface area contributed by atoms with Crippen LogP contribution in [0.3, 0.4) is 0 Å². The van der Waals surface area contributed by atoms with Crippen molar-refractivity contribution in [2.45, 2.75) is 38.5 Å². The molecule has 0 aliphatic heterocycles. The van der Waals surface area contributed by atoms with Gasteiger partial charge in [0.2, 0.25) is 0 Å². The Bertz CT molecular complexity index is 1170. The Morgan fingerprint density at radius 2 is 1.44 bits per heavy atom. The Labute approximate surface area is 159 Å². The lowest BCUT2D eigenvalue weighted by Crippen LogP contribution is -2.35. The normalized spacial score (nSPS) is 16.7. The molecule has 2 aromatic heterocycles. The van der Waals surface area contributed by atoms with Crippen LogP contribution in [0.2, 0.25) is 0 Å². The topological polar surface area (TPSA) is 26.0 Å². The molecule has 0 amide bonds. The highest BCUT2D eigenvalue weighted by Crippen LogP contribution is 2.53. The fraction of sp³-hybridized carbons (Fsp3) is 0.240. The molecule has 0 radical (unpaired) electrons. The van der Waals surface area contributed by atoms with E-state index in [9.17, 15) is 0 Å². The maximum atomic E-state index is 6.64. The van der Waals surface area contributed by atoms with Gasteiger partial charge in [-0.15, -0.1) is 0 Å². The Morgan fingerprint density at radius 1 is 0.741 bits per heavy atom. The average molecular weight is 353 g/mol. The minimum atomic E-state index is -0.179. The van der Waals surface area contributed by atoms with E-state index in [1.807, 2.05) is 24.4 Å². The Hall–Kier alpha value is -2.87. The van der Waals surface area contributed by atoms with Crippen molar-refractivity contribution in [2.75, 3.05) is 0 Å². The predicted octanol–water partition coefficient (Wildman–Crippen LogP) is 6.46. The summed E-state index contributed by atoms with van der Waals surface area (Å²) < 4.78 is 6.64. The lowest BCUT2D eigenvalue weighted by Gasteiger charge is -2.40. The summed E-state index contributed by atoms with van der Waals surface area (Å²) in [6.07, 6.45) is 1.83. The number of furan rings is 1. The van der Waals surface area contributed by atoms with E-state index in [0.29, 0.717) is 0 Å². The molecule has 0 spiro atoms. The third-order valence-electron chi connectivity index (χ3n) is 6.12. The van der Waals surface area contributed by atoms with Gasteiger partial charge in [0.25, 0.3) is 0 Å². The number of benzene rings is 2. The smallest absolute Gasteiger partial charge is 0.144 e. The minimum absolute atomic E-state index is 0.116. The molecular formula is C25H23NO. The van der Waals surface area contributed by atoms with Gasteiger partial charge >= 0.3 is 0 Å². The molecular weight excluding hydrogens is 330 g/mol. The van der Waals surface area contributed by atoms with Gasteiger partial charge in [0.05, 0.1) is 5.69 Å². The molecule has 2 heterocycles. The Balaban J connectivity index is 1.89. The van der Waals surface area contributed by atoms with Gasteiger partial charge < -0.3 is 4.42 Å². The zero-order valence-electron chi connectivity index (χ0n) is 16.2. The average Bonchev–Trinajstić information content (AvgIpc) is 3.09. The van der Waals surface area contributed by atoms with Crippen molar-refractivity contribution in [1.82, 2.24) is 4.98 Å². The third kappa shape index (κ3) is 2.10. The van der Waals surface area contributed by atoms with Crippen molar-refractivity contribution in [3.8, 4) is 11.3 Å². The third-order valence-corrected chi connectivity index (χ3v) is 6.12. The highest BCUT2D eigenvalue weighted by Gasteiger charge is 2.45. The van der Waals surface area contributed by atoms with Gasteiger partial charge in [-0.25, -0.2) is 0 Å². The molecule has 0 unspecified atom stereocenters. The van der Waals surface area contributed by atoms with E-state index in [1.165, 1.54) is 22.1 Å². The summed E-state index contributed by atoms with van der Waals surface area (Å²) in [5, 5.41) is 1.20. The standard InChI is InChI=1S/C25H23NO/c1-24(2)18-12-5-6-13-19(18)25(3,4)23-21(24)17-11-9-10-16(22(17)27-23)20-14-7-8-15-26-20/h5-15H,1-4H3. The van der Waals surface area contributed by atoms with Crippen LogP contribution >= 0.6 is 0 Å². The number of aromatic nitrogens is 1. The second kappa shape index (κ2) is 5.32. The quantitative estimate of drug-likeness (QED) is 0.392. The fourth-order valence-electron chi connectivity index (χ4n) is 4.73. The molecule has 1 aliphatic carbocycles. The zero-order valence-corrected chi connectivity index (χ0v) is 16.2. The second-order valence-corrected chi connectivity index (χ2v) is 8.50. The zero-order chi connectivity index (χ0) is 18.8. The molecule has 4 aromatic rings. The van der Waals surface area contributed by atoms with Crippen molar-refractivity contribution in [1.29, 1.82) is 0 Å². The maximum Gasteiger partial charge on any atom is 0.144 e. The Kier molecular flexibility index (Phi) is 3.22. The van der Waals surface area contributed by atoms with Gasteiger partial charge in [0.1, 0.15) is 11.3 Å². The van der Waals surface area contributed by atoms with Crippen LogP contribution in [0.15, 0.2) is 71.3 Å². The first-order valence-electron chi connectivity index (χ1n) is 9.50. The largest absolute Gasteiger partial charge is 0.459 e. The number of pyridine rings is 1. The molecule has 27 heavy (non-hydrogen) atoms. The van der Waals surface area contributed by atoms with Gasteiger partial charge in [-0.2, -0.15) is 0 Å². The van der Waals surface area contributed by atoms with Gasteiger partial charge in [-0.3, -0.25) is 4.98 Å². The number of rotatable bonds is 1. The maximum absolute atomic E-state index is 6.64. The van der Waals surface area contributed by atoms with Crippen molar-refractivity contribution >= 4 is 11.0 Å². The summed E-state index contributed by atoms with van der Waals surface area (Å²) in [5.41, 5.74) is 6.68. The number of hydrogen-bond acceptors (Lipinski definition) is 2. The SMILES string of the molecule is CC1(C)c2ccccc2C(C)(C)c2c1oc1c(-c3ccccn3)cccc21. The van der Waals surface area contributed by atoms with Gasteiger partial charge in [-0.1, -0.05) is 56.3 Å². The molecule has 2 aromatic carbocycles. The van der Waals surface area contributed by atoms with Crippen LogP contribution in [0.5, 0.6) is 0 Å². The summed E-state index contributed by atoms with van der Waals surface area (Å²) in [6.45, 7) is 9.15. The molecule has 0 saturated carbocycles. The first-order valence-corrected chi connectivity index (χ1v) is 9.50. The predicted molar refractivity (Wildman–Crippen MR) is 110 cm³/mol. The summed E-state index contributed by atoms with van der Waals surface area (Å²) in [6, 6.07) is 21.2. The van der Waals surface area contributed by atoms with Gasteiger partial charge in [-0.05, 0) is 43.2 Å². The summed E-state index contributed by atoms with van der Waals surface area (Å²) >= 11 is 0. The van der Waals surface area contributed by atoms with Crippen molar-refractivity contribution in [3.05, 3.63) is 89.3 Å². The number of nitrogens with zero attached hydrogens (tertiary/aromatic N) is 1. The van der Waals surface area contributed by atoms with E-state index in [1.54, 1.807) is 0 Å². The highest BCUT2D eigenvalue weighted by atomic mass is 16.3. The molecule has 1 aliphatic rings. The molecule has 2 heteroatoms. The van der Waals surface area contributed by atoms with E-state index in [-0.39, 0.29) is 10.8 Å². The number of hydrogen-bond donors (Lipinski definition) is 0. The molecule has 5 rings (SSSR count). The van der Waals surface area contributed by atoms with Crippen LogP contribution < -0.4 is 0 Å². The first-order chi connectivity index (χ1) is 12.9. The second-order valence-electron chi connectivity index (χ2n) is 8.50. The van der Waals surface area contributed by atoms with Crippen molar-refractivity contribution < 1.29 is 4.42 Å². The van der Waals surface area contributed by atoms with E-state index >= 15 is 0 Å². The van der Waals surface area contributed by atoms with Crippen LogP contribution in [0.1, 0.15) is 50.1 Å². The van der Waals surface area contributed by atoms with Gasteiger partial charge in [0.15, 0.2) is 0 Å². The molecule has 2 nitrogen and oxygen atoms in total. The van der Waals surface area contributed by atoms with E-state index in [4.69, 9.17) is 4.42 Å². The lowest BCUT2D eigenvalue weighted by molar-refractivity contribution is 0.410. The van der Waals surface area contributed by atoms with Crippen LogP contribution in [0.25, 0.3) is 22.2 Å². The first kappa shape index (κ1) is 16.3. The summed E-state index contributed by atoms with van der Waals surface area (Å²) in [5.74, 6) is 1.07. The van der Waals surface area contributed by atoms with Crippen LogP contribution in [0, 0.1) is 0 Å². The van der Waals surface area contributed by atoms with E-state index in [2.05, 4.69) is 75.1 Å². The number of fused-ring (bicyclic) bond motifs is 4. The van der Waals surface area contributed by atoms with Crippen LogP contribution in [-0.2, 0) is 10.8 Å². The van der Waals surface area contributed by atoms with E-state index < -0.39 is 0 Å². The summed E-state index contributed by atoms with van der Waals surface area (Å²) in [4.78, 5) is 4.56. The molecule has 0 saturated heterocycles. The monoisotopic (exact) mass is 353 g/mol. The van der Waals surface area contributed by atoms with Gasteiger partial charge in [0, 0.05) is 33.5 Å². The van der Waals surface area contributed by atoms with Crippen molar-refractivity contribution in [3.63, 3.8) is 0 Å². The molecule has 0 atom stereocenters. The molecule has 0 N–H and O–H groups in total.